The lowest BCUT2D eigenvalue weighted by molar-refractivity contribution is -0.123. The molecule has 1 heterocycles. The van der Waals surface area contributed by atoms with Crippen LogP contribution < -0.4 is 9.47 Å². The van der Waals surface area contributed by atoms with E-state index in [0.717, 1.165) is 34.2 Å². The Morgan fingerprint density at radius 3 is 2.33 bits per heavy atom. The quantitative estimate of drug-likeness (QED) is 0.306. The van der Waals surface area contributed by atoms with Crippen LogP contribution in [0.2, 0.25) is 0 Å². The number of amides is 2. The van der Waals surface area contributed by atoms with Gasteiger partial charge in [0.15, 0.2) is 0 Å². The van der Waals surface area contributed by atoms with E-state index < -0.39 is 0 Å². The molecule has 33 heavy (non-hydrogen) atoms. The third-order valence-electron chi connectivity index (χ3n) is 5.26. The number of hydrogen-bond acceptors (Lipinski definition) is 5. The van der Waals surface area contributed by atoms with Gasteiger partial charge in [-0.25, -0.2) is 0 Å². The first kappa shape index (κ1) is 22.7. The average Bonchev–Trinajstić information content (AvgIpc) is 3.07. The zero-order valence-electron chi connectivity index (χ0n) is 18.6. The lowest BCUT2D eigenvalue weighted by Gasteiger charge is -2.14. The van der Waals surface area contributed by atoms with Crippen molar-refractivity contribution in [2.24, 2.45) is 0 Å². The lowest BCUT2D eigenvalue weighted by Crippen LogP contribution is -2.27. The van der Waals surface area contributed by atoms with Gasteiger partial charge in [-0.05, 0) is 72.6 Å². The maximum Gasteiger partial charge on any atom is 0.293 e. The highest BCUT2D eigenvalue weighted by Gasteiger charge is 2.35. The van der Waals surface area contributed by atoms with Gasteiger partial charge in [0.05, 0.1) is 11.4 Å². The van der Waals surface area contributed by atoms with Crippen molar-refractivity contribution in [2.75, 3.05) is 13.2 Å². The van der Waals surface area contributed by atoms with Gasteiger partial charge in [-0.3, -0.25) is 14.5 Å². The molecule has 3 aromatic rings. The van der Waals surface area contributed by atoms with E-state index in [1.807, 2.05) is 86.6 Å². The Kier molecular flexibility index (Phi) is 7.15. The first-order chi connectivity index (χ1) is 16.0. The van der Waals surface area contributed by atoms with E-state index in [2.05, 4.69) is 0 Å². The molecular weight excluding hydrogens is 434 g/mol. The number of carbonyl (C=O) groups excluding carboxylic acids is 2. The number of ether oxygens (including phenoxy) is 2. The number of thioether (sulfide) groups is 1. The number of benzene rings is 3. The fourth-order valence-electron chi connectivity index (χ4n) is 3.39. The van der Waals surface area contributed by atoms with Crippen LogP contribution in [0.5, 0.6) is 11.5 Å². The molecule has 1 aliphatic rings. The second-order valence-electron chi connectivity index (χ2n) is 7.78. The smallest absolute Gasteiger partial charge is 0.293 e. The fourth-order valence-corrected chi connectivity index (χ4v) is 4.23. The van der Waals surface area contributed by atoms with Crippen molar-refractivity contribution in [3.05, 3.63) is 100.0 Å². The first-order valence-corrected chi connectivity index (χ1v) is 11.5. The minimum absolute atomic E-state index is 0.254. The van der Waals surface area contributed by atoms with Gasteiger partial charge in [0.1, 0.15) is 24.7 Å². The molecule has 5 nitrogen and oxygen atoms in total. The van der Waals surface area contributed by atoms with Crippen LogP contribution in [0.15, 0.2) is 77.7 Å². The van der Waals surface area contributed by atoms with Gasteiger partial charge >= 0.3 is 0 Å². The Hall–Kier alpha value is -3.51. The van der Waals surface area contributed by atoms with Crippen LogP contribution in [0.3, 0.4) is 0 Å². The Morgan fingerprint density at radius 2 is 1.58 bits per heavy atom. The van der Waals surface area contributed by atoms with E-state index in [9.17, 15) is 9.59 Å². The summed E-state index contributed by atoms with van der Waals surface area (Å²) < 4.78 is 11.5. The van der Waals surface area contributed by atoms with Gasteiger partial charge in [0.25, 0.3) is 11.1 Å². The van der Waals surface area contributed by atoms with E-state index in [1.54, 1.807) is 6.08 Å². The van der Waals surface area contributed by atoms with Crippen molar-refractivity contribution in [1.29, 1.82) is 0 Å². The molecule has 0 aromatic heterocycles. The van der Waals surface area contributed by atoms with Crippen LogP contribution in [-0.4, -0.2) is 29.3 Å². The lowest BCUT2D eigenvalue weighted by atomic mass is 10.1. The van der Waals surface area contributed by atoms with Crippen LogP contribution in [-0.2, 0) is 11.3 Å². The van der Waals surface area contributed by atoms with E-state index in [4.69, 9.17) is 9.47 Å². The van der Waals surface area contributed by atoms with Crippen LogP contribution in [0.1, 0.15) is 22.3 Å². The molecule has 0 unspecified atom stereocenters. The monoisotopic (exact) mass is 459 g/mol. The molecule has 0 saturated carbocycles. The maximum absolute atomic E-state index is 12.9. The summed E-state index contributed by atoms with van der Waals surface area (Å²) in [6.07, 6.45) is 1.73. The summed E-state index contributed by atoms with van der Waals surface area (Å²) in [6.45, 7) is 5.10. The third-order valence-corrected chi connectivity index (χ3v) is 6.17. The minimum Gasteiger partial charge on any atom is -0.490 e. The molecule has 1 aliphatic heterocycles. The third kappa shape index (κ3) is 5.84. The van der Waals surface area contributed by atoms with Gasteiger partial charge in [-0.2, -0.15) is 0 Å². The highest BCUT2D eigenvalue weighted by molar-refractivity contribution is 8.18. The second-order valence-corrected chi connectivity index (χ2v) is 8.77. The molecule has 1 saturated heterocycles. The van der Waals surface area contributed by atoms with E-state index >= 15 is 0 Å². The Bertz CT molecular complexity index is 1190. The molecule has 168 valence electrons. The average molecular weight is 460 g/mol. The molecule has 0 bridgehead atoms. The highest BCUT2D eigenvalue weighted by Crippen LogP contribution is 2.34. The van der Waals surface area contributed by atoms with Crippen LogP contribution in [0, 0.1) is 13.8 Å². The number of carbonyl (C=O) groups is 2. The molecular formula is C27H25NO4S. The van der Waals surface area contributed by atoms with Gasteiger partial charge in [-0.1, -0.05) is 54.1 Å². The summed E-state index contributed by atoms with van der Waals surface area (Å²) in [4.78, 5) is 27.0. The first-order valence-electron chi connectivity index (χ1n) is 10.7. The maximum atomic E-state index is 12.9. The van der Waals surface area contributed by atoms with Crippen molar-refractivity contribution in [3.63, 3.8) is 0 Å². The molecule has 0 atom stereocenters. The molecule has 2 amide bonds. The van der Waals surface area contributed by atoms with Gasteiger partial charge in [-0.15, -0.1) is 0 Å². The summed E-state index contributed by atoms with van der Waals surface area (Å²) in [6, 6.07) is 23.1. The number of imide groups is 1. The predicted molar refractivity (Wildman–Crippen MR) is 131 cm³/mol. The minimum atomic E-state index is -0.272. The summed E-state index contributed by atoms with van der Waals surface area (Å²) in [7, 11) is 0. The highest BCUT2D eigenvalue weighted by atomic mass is 32.2. The Balaban J connectivity index is 1.36. The normalized spacial score (nSPS) is 14.7. The van der Waals surface area contributed by atoms with Crippen molar-refractivity contribution in [2.45, 2.75) is 20.4 Å². The molecule has 3 aromatic carbocycles. The summed E-state index contributed by atoms with van der Waals surface area (Å²) in [5.74, 6) is 1.21. The largest absolute Gasteiger partial charge is 0.490 e. The molecule has 0 radical (unpaired) electrons. The van der Waals surface area contributed by atoms with E-state index in [0.29, 0.717) is 23.9 Å². The molecule has 0 aliphatic carbocycles. The van der Waals surface area contributed by atoms with Crippen LogP contribution in [0.25, 0.3) is 6.08 Å². The Morgan fingerprint density at radius 1 is 0.848 bits per heavy atom. The number of aryl methyl sites for hydroxylation is 2. The van der Waals surface area contributed by atoms with Crippen LogP contribution in [0.4, 0.5) is 4.79 Å². The topological polar surface area (TPSA) is 55.8 Å². The van der Waals surface area contributed by atoms with Gasteiger partial charge in [0.2, 0.25) is 0 Å². The van der Waals surface area contributed by atoms with Gasteiger partial charge < -0.3 is 9.47 Å². The summed E-state index contributed by atoms with van der Waals surface area (Å²) >= 11 is 0.965. The molecule has 0 spiro atoms. The second kappa shape index (κ2) is 10.4. The fraction of sp³-hybridized carbons (Fsp3) is 0.185. The SMILES string of the molecule is Cc1ccc(OCCOc2cccc(/C=C3\SC(=O)N(Cc4ccccc4C)C3=O)c2)cc1. The van der Waals surface area contributed by atoms with Crippen LogP contribution >= 0.6 is 11.8 Å². The van der Waals surface area contributed by atoms with E-state index in [1.165, 1.54) is 10.5 Å². The Labute approximate surface area is 198 Å². The molecule has 6 heteroatoms. The zero-order valence-corrected chi connectivity index (χ0v) is 19.4. The van der Waals surface area contributed by atoms with Crippen molar-refractivity contribution in [3.8, 4) is 11.5 Å². The number of rotatable bonds is 8. The van der Waals surface area contributed by atoms with Gasteiger partial charge in [0, 0.05) is 0 Å². The zero-order chi connectivity index (χ0) is 23.2. The summed E-state index contributed by atoms with van der Waals surface area (Å²) in [5, 5.41) is -0.254. The van der Waals surface area contributed by atoms with E-state index in [-0.39, 0.29) is 17.7 Å². The molecule has 0 N–H and O–H groups in total. The molecule has 4 rings (SSSR count). The standard InChI is InChI=1S/C27H25NO4S/c1-19-10-12-23(13-11-19)31-14-15-32-24-9-5-7-21(16-24)17-25-26(29)28(27(30)33-25)18-22-8-4-3-6-20(22)2/h3-13,16-17H,14-15,18H2,1-2H3/b25-17-. The van der Waals surface area contributed by atoms with Crippen molar-refractivity contribution >= 4 is 29.0 Å². The van der Waals surface area contributed by atoms with Crippen molar-refractivity contribution in [1.82, 2.24) is 4.90 Å². The number of hydrogen-bond donors (Lipinski definition) is 0. The molecule has 1 fully saturated rings. The predicted octanol–water partition coefficient (Wildman–Crippen LogP) is 6.00. The number of nitrogens with zero attached hydrogens (tertiary/aromatic N) is 1. The van der Waals surface area contributed by atoms with Crippen molar-refractivity contribution < 1.29 is 19.1 Å². The summed E-state index contributed by atoms with van der Waals surface area (Å²) in [5.41, 5.74) is 4.00.